The van der Waals surface area contributed by atoms with Crippen LogP contribution in [0.2, 0.25) is 0 Å². The zero-order valence-corrected chi connectivity index (χ0v) is 9.99. The standard InChI is InChI=1S/C16H14O/c1-12-8-11-16(17)13(2)15(12)10-9-14-6-4-3-5-7-14/h3-8,11,17H,1-2H3. The van der Waals surface area contributed by atoms with Gasteiger partial charge >= 0.3 is 0 Å². The van der Waals surface area contributed by atoms with Crippen LogP contribution in [0.5, 0.6) is 5.75 Å². The van der Waals surface area contributed by atoms with Crippen LogP contribution in [0.25, 0.3) is 0 Å². The molecule has 0 radical (unpaired) electrons. The molecule has 1 nitrogen and oxygen atoms in total. The fourth-order valence-corrected chi connectivity index (χ4v) is 1.68. The Kier molecular flexibility index (Phi) is 3.16. The number of hydrogen-bond donors (Lipinski definition) is 1. The molecule has 0 aliphatic heterocycles. The molecule has 0 bridgehead atoms. The van der Waals surface area contributed by atoms with E-state index in [2.05, 4.69) is 11.8 Å². The Bertz CT molecular complexity index is 586. The topological polar surface area (TPSA) is 20.2 Å². The lowest BCUT2D eigenvalue weighted by Gasteiger charge is -2.04. The third-order valence-corrected chi connectivity index (χ3v) is 2.75. The van der Waals surface area contributed by atoms with Crippen LogP contribution in [0.1, 0.15) is 22.3 Å². The Morgan fingerprint density at radius 2 is 1.59 bits per heavy atom. The van der Waals surface area contributed by atoms with Crippen molar-refractivity contribution in [1.29, 1.82) is 0 Å². The molecule has 0 atom stereocenters. The van der Waals surface area contributed by atoms with Crippen molar-refractivity contribution in [2.24, 2.45) is 0 Å². The quantitative estimate of drug-likeness (QED) is 0.677. The van der Waals surface area contributed by atoms with Crippen LogP contribution in [0.15, 0.2) is 42.5 Å². The average Bonchev–Trinajstić information content (AvgIpc) is 2.35. The van der Waals surface area contributed by atoms with Crippen molar-refractivity contribution < 1.29 is 5.11 Å². The van der Waals surface area contributed by atoms with Crippen LogP contribution >= 0.6 is 0 Å². The number of aryl methyl sites for hydroxylation is 1. The molecule has 0 spiro atoms. The van der Waals surface area contributed by atoms with E-state index < -0.39 is 0 Å². The Balaban J connectivity index is 2.44. The molecule has 2 rings (SSSR count). The minimum absolute atomic E-state index is 0.299. The van der Waals surface area contributed by atoms with E-state index in [1.807, 2.05) is 50.2 Å². The van der Waals surface area contributed by atoms with Crippen molar-refractivity contribution >= 4 is 0 Å². The average molecular weight is 222 g/mol. The summed E-state index contributed by atoms with van der Waals surface area (Å²) in [6.45, 7) is 3.89. The maximum Gasteiger partial charge on any atom is 0.119 e. The second-order valence-corrected chi connectivity index (χ2v) is 4.02. The number of phenolic OH excluding ortho intramolecular Hbond substituents is 1. The summed E-state index contributed by atoms with van der Waals surface area (Å²) in [5, 5.41) is 9.65. The molecule has 0 aromatic heterocycles. The van der Waals surface area contributed by atoms with E-state index in [9.17, 15) is 5.11 Å². The number of rotatable bonds is 0. The largest absolute Gasteiger partial charge is 0.508 e. The van der Waals surface area contributed by atoms with E-state index in [-0.39, 0.29) is 0 Å². The third kappa shape index (κ3) is 2.49. The lowest BCUT2D eigenvalue weighted by Crippen LogP contribution is -1.88. The van der Waals surface area contributed by atoms with Crippen molar-refractivity contribution in [1.82, 2.24) is 0 Å². The summed E-state index contributed by atoms with van der Waals surface area (Å²) in [5.41, 5.74) is 3.82. The molecule has 0 saturated heterocycles. The van der Waals surface area contributed by atoms with Gasteiger partial charge in [-0.2, -0.15) is 0 Å². The lowest BCUT2D eigenvalue weighted by molar-refractivity contribution is 0.470. The molecule has 1 heteroatoms. The monoisotopic (exact) mass is 222 g/mol. The SMILES string of the molecule is Cc1ccc(O)c(C)c1C#Cc1ccccc1. The van der Waals surface area contributed by atoms with E-state index in [4.69, 9.17) is 0 Å². The molecule has 2 aromatic carbocycles. The molecule has 0 amide bonds. The predicted octanol–water partition coefficient (Wildman–Crippen LogP) is 3.41. The van der Waals surface area contributed by atoms with Gasteiger partial charge in [0.05, 0.1) is 0 Å². The predicted molar refractivity (Wildman–Crippen MR) is 70.0 cm³/mol. The first kappa shape index (κ1) is 11.3. The first-order valence-electron chi connectivity index (χ1n) is 5.54. The summed E-state index contributed by atoms with van der Waals surface area (Å²) in [6, 6.07) is 13.4. The van der Waals surface area contributed by atoms with Gasteiger partial charge < -0.3 is 5.11 Å². The van der Waals surface area contributed by atoms with Gasteiger partial charge in [0.1, 0.15) is 5.75 Å². The molecule has 0 aliphatic rings. The van der Waals surface area contributed by atoms with Gasteiger partial charge in [-0.05, 0) is 37.6 Å². The minimum Gasteiger partial charge on any atom is -0.508 e. The van der Waals surface area contributed by atoms with E-state index in [1.54, 1.807) is 6.07 Å². The van der Waals surface area contributed by atoms with Gasteiger partial charge in [0.2, 0.25) is 0 Å². The second-order valence-electron chi connectivity index (χ2n) is 4.02. The molecular weight excluding hydrogens is 208 g/mol. The lowest BCUT2D eigenvalue weighted by atomic mass is 10.0. The van der Waals surface area contributed by atoms with Gasteiger partial charge in [-0.1, -0.05) is 36.1 Å². The summed E-state index contributed by atoms with van der Waals surface area (Å²) in [5.74, 6) is 6.54. The van der Waals surface area contributed by atoms with Gasteiger partial charge in [-0.25, -0.2) is 0 Å². The van der Waals surface area contributed by atoms with Gasteiger partial charge in [-0.3, -0.25) is 0 Å². The molecule has 84 valence electrons. The highest BCUT2D eigenvalue weighted by molar-refractivity contribution is 5.54. The first-order valence-corrected chi connectivity index (χ1v) is 5.54. The normalized spacial score (nSPS) is 9.53. The molecule has 1 N–H and O–H groups in total. The van der Waals surface area contributed by atoms with Gasteiger partial charge in [0.25, 0.3) is 0 Å². The van der Waals surface area contributed by atoms with Crippen molar-refractivity contribution in [3.8, 4) is 17.6 Å². The van der Waals surface area contributed by atoms with E-state index in [0.717, 1.165) is 22.3 Å². The fraction of sp³-hybridized carbons (Fsp3) is 0.125. The maximum absolute atomic E-state index is 9.65. The van der Waals surface area contributed by atoms with Crippen LogP contribution in [0.3, 0.4) is 0 Å². The molecule has 0 saturated carbocycles. The van der Waals surface area contributed by atoms with Crippen molar-refractivity contribution in [2.45, 2.75) is 13.8 Å². The summed E-state index contributed by atoms with van der Waals surface area (Å²) in [4.78, 5) is 0. The van der Waals surface area contributed by atoms with E-state index in [0.29, 0.717) is 5.75 Å². The molecular formula is C16H14O. The highest BCUT2D eigenvalue weighted by Gasteiger charge is 2.03. The fourth-order valence-electron chi connectivity index (χ4n) is 1.68. The zero-order chi connectivity index (χ0) is 12.3. The first-order chi connectivity index (χ1) is 8.18. The number of hydrogen-bond acceptors (Lipinski definition) is 1. The van der Waals surface area contributed by atoms with Crippen LogP contribution in [0.4, 0.5) is 0 Å². The summed E-state index contributed by atoms with van der Waals surface area (Å²) < 4.78 is 0. The molecule has 0 fully saturated rings. The number of aromatic hydroxyl groups is 1. The molecule has 0 unspecified atom stereocenters. The van der Waals surface area contributed by atoms with Crippen molar-refractivity contribution in [2.75, 3.05) is 0 Å². The summed E-state index contributed by atoms with van der Waals surface area (Å²) in [7, 11) is 0. The van der Waals surface area contributed by atoms with Crippen LogP contribution < -0.4 is 0 Å². The Labute approximate surface area is 102 Å². The van der Waals surface area contributed by atoms with Crippen molar-refractivity contribution in [3.63, 3.8) is 0 Å². The highest BCUT2D eigenvalue weighted by Crippen LogP contribution is 2.22. The number of benzene rings is 2. The van der Waals surface area contributed by atoms with Crippen molar-refractivity contribution in [3.05, 3.63) is 64.7 Å². The van der Waals surface area contributed by atoms with Crippen LogP contribution in [0, 0.1) is 25.7 Å². The van der Waals surface area contributed by atoms with Crippen LogP contribution in [-0.4, -0.2) is 5.11 Å². The Hall–Kier alpha value is -2.20. The Morgan fingerprint density at radius 3 is 2.29 bits per heavy atom. The molecule has 0 aliphatic carbocycles. The minimum atomic E-state index is 0.299. The summed E-state index contributed by atoms with van der Waals surface area (Å²) >= 11 is 0. The van der Waals surface area contributed by atoms with E-state index >= 15 is 0 Å². The van der Waals surface area contributed by atoms with Crippen LogP contribution in [-0.2, 0) is 0 Å². The van der Waals surface area contributed by atoms with Gasteiger partial charge in [0, 0.05) is 16.7 Å². The molecule has 17 heavy (non-hydrogen) atoms. The van der Waals surface area contributed by atoms with E-state index in [1.165, 1.54) is 0 Å². The highest BCUT2D eigenvalue weighted by atomic mass is 16.3. The molecule has 2 aromatic rings. The zero-order valence-electron chi connectivity index (χ0n) is 9.99. The second kappa shape index (κ2) is 4.76. The molecule has 0 heterocycles. The maximum atomic E-state index is 9.65. The Morgan fingerprint density at radius 1 is 0.882 bits per heavy atom. The van der Waals surface area contributed by atoms with Gasteiger partial charge in [-0.15, -0.1) is 0 Å². The van der Waals surface area contributed by atoms with Gasteiger partial charge in [0.15, 0.2) is 0 Å². The third-order valence-electron chi connectivity index (χ3n) is 2.75. The summed E-state index contributed by atoms with van der Waals surface area (Å²) in [6.07, 6.45) is 0. The smallest absolute Gasteiger partial charge is 0.119 e. The number of phenols is 1.